The van der Waals surface area contributed by atoms with Gasteiger partial charge in [-0.1, -0.05) is 13.8 Å². The first kappa shape index (κ1) is 17.3. The molecule has 0 spiro atoms. The van der Waals surface area contributed by atoms with Gasteiger partial charge in [0.15, 0.2) is 0 Å². The third-order valence-corrected chi connectivity index (χ3v) is 4.12. The van der Waals surface area contributed by atoms with Gasteiger partial charge in [-0.2, -0.15) is 5.10 Å². The number of likely N-dealkylation sites (tertiary alicyclic amines) is 1. The van der Waals surface area contributed by atoms with Crippen molar-refractivity contribution in [2.45, 2.75) is 45.6 Å². The van der Waals surface area contributed by atoms with Crippen LogP contribution < -0.4 is 10.6 Å². The molecule has 0 radical (unpaired) electrons. The first-order valence-corrected chi connectivity index (χ1v) is 8.40. The molecule has 7 heteroatoms. The van der Waals surface area contributed by atoms with E-state index in [9.17, 15) is 9.59 Å². The van der Waals surface area contributed by atoms with Crippen LogP contribution >= 0.6 is 0 Å². The first-order valence-electron chi connectivity index (χ1n) is 8.40. The van der Waals surface area contributed by atoms with Crippen molar-refractivity contribution in [3.63, 3.8) is 0 Å². The minimum atomic E-state index is -0.0360. The monoisotopic (exact) mass is 321 g/mol. The fourth-order valence-corrected chi connectivity index (χ4v) is 2.77. The molecule has 1 aliphatic heterocycles. The fourth-order valence-electron chi connectivity index (χ4n) is 2.77. The van der Waals surface area contributed by atoms with Crippen LogP contribution in [0.2, 0.25) is 0 Å². The fraction of sp³-hybridized carbons (Fsp3) is 0.688. The van der Waals surface area contributed by atoms with Crippen molar-refractivity contribution in [3.8, 4) is 0 Å². The summed E-state index contributed by atoms with van der Waals surface area (Å²) in [7, 11) is 0. The number of piperidine rings is 1. The summed E-state index contributed by atoms with van der Waals surface area (Å²) in [5, 5.41) is 12.6. The lowest BCUT2D eigenvalue weighted by atomic mass is 9.98. The maximum Gasteiger partial charge on any atom is 0.317 e. The van der Waals surface area contributed by atoms with Crippen molar-refractivity contribution in [2.75, 3.05) is 19.6 Å². The molecule has 7 nitrogen and oxygen atoms in total. The summed E-state index contributed by atoms with van der Waals surface area (Å²) in [6.45, 7) is 5.65. The van der Waals surface area contributed by atoms with Crippen LogP contribution in [0.3, 0.4) is 0 Å². The second-order valence-corrected chi connectivity index (χ2v) is 6.27. The number of urea groups is 1. The summed E-state index contributed by atoms with van der Waals surface area (Å²) < 4.78 is 0. The lowest BCUT2D eigenvalue weighted by molar-refractivity contribution is -0.123. The molecule has 1 aliphatic rings. The number of aromatic amines is 1. The molecular formula is C16H27N5O2. The normalized spacial score (nSPS) is 18.0. The highest BCUT2D eigenvalue weighted by Crippen LogP contribution is 2.30. The number of rotatable bonds is 6. The van der Waals surface area contributed by atoms with Crippen molar-refractivity contribution < 1.29 is 9.59 Å². The minimum Gasteiger partial charge on any atom is -0.356 e. The molecule has 0 bridgehead atoms. The molecule has 0 aromatic carbocycles. The van der Waals surface area contributed by atoms with Gasteiger partial charge in [0.1, 0.15) is 0 Å². The molecule has 2 heterocycles. The van der Waals surface area contributed by atoms with Gasteiger partial charge in [-0.3, -0.25) is 9.89 Å². The van der Waals surface area contributed by atoms with Crippen LogP contribution in [0.25, 0.3) is 0 Å². The van der Waals surface area contributed by atoms with Crippen LogP contribution in [-0.2, 0) is 4.79 Å². The van der Waals surface area contributed by atoms with Gasteiger partial charge in [-0.15, -0.1) is 0 Å². The van der Waals surface area contributed by atoms with E-state index >= 15 is 0 Å². The van der Waals surface area contributed by atoms with E-state index in [1.165, 1.54) is 0 Å². The zero-order valence-electron chi connectivity index (χ0n) is 14.0. The van der Waals surface area contributed by atoms with Crippen molar-refractivity contribution >= 4 is 11.9 Å². The van der Waals surface area contributed by atoms with E-state index < -0.39 is 0 Å². The molecule has 3 N–H and O–H groups in total. The van der Waals surface area contributed by atoms with E-state index in [4.69, 9.17) is 0 Å². The number of hydrogen-bond acceptors (Lipinski definition) is 3. The van der Waals surface area contributed by atoms with Crippen molar-refractivity contribution in [2.24, 2.45) is 5.92 Å². The average molecular weight is 321 g/mol. The molecule has 0 saturated carbocycles. The first-order chi connectivity index (χ1) is 11.1. The van der Waals surface area contributed by atoms with E-state index in [0.717, 1.165) is 37.8 Å². The standard InChI is InChI=1S/C16H27N5O2/c1-12(2)15(22)17-7-5-8-18-16(23)21-9-4-3-6-14(21)13-10-19-20-11-13/h10-12,14H,3-9H2,1-2H3,(H,17,22)(H,18,23)(H,19,20). The average Bonchev–Trinajstić information content (AvgIpc) is 3.08. The summed E-state index contributed by atoms with van der Waals surface area (Å²) in [5.41, 5.74) is 1.06. The SMILES string of the molecule is CC(C)C(=O)NCCCNC(=O)N1CCCCC1c1cn[nH]c1. The molecule has 1 saturated heterocycles. The second-order valence-electron chi connectivity index (χ2n) is 6.27. The number of H-pyrrole nitrogens is 1. The van der Waals surface area contributed by atoms with E-state index in [0.29, 0.717) is 13.1 Å². The Morgan fingerprint density at radius 1 is 1.35 bits per heavy atom. The summed E-state index contributed by atoms with van der Waals surface area (Å²) >= 11 is 0. The molecule has 1 atom stereocenters. The Labute approximate surface area is 137 Å². The third-order valence-electron chi connectivity index (χ3n) is 4.12. The Hall–Kier alpha value is -2.05. The topological polar surface area (TPSA) is 90.1 Å². The molecule has 1 aromatic rings. The number of hydrogen-bond donors (Lipinski definition) is 3. The predicted octanol–water partition coefficient (Wildman–Crippen LogP) is 1.81. The van der Waals surface area contributed by atoms with Crippen LogP contribution in [0.5, 0.6) is 0 Å². The summed E-state index contributed by atoms with van der Waals surface area (Å²) in [4.78, 5) is 25.7. The van der Waals surface area contributed by atoms with Gasteiger partial charge in [0.2, 0.25) is 5.91 Å². The summed E-state index contributed by atoms with van der Waals surface area (Å²) in [5.74, 6) is 0.0426. The number of amides is 3. The van der Waals surface area contributed by atoms with Crippen LogP contribution in [0.4, 0.5) is 4.79 Å². The highest BCUT2D eigenvalue weighted by molar-refractivity contribution is 5.77. The molecule has 23 heavy (non-hydrogen) atoms. The van der Waals surface area contributed by atoms with Crippen molar-refractivity contribution in [1.82, 2.24) is 25.7 Å². The van der Waals surface area contributed by atoms with Crippen molar-refractivity contribution in [1.29, 1.82) is 0 Å². The van der Waals surface area contributed by atoms with E-state index in [1.54, 1.807) is 6.20 Å². The Balaban J connectivity index is 1.74. The Kier molecular flexibility index (Phi) is 6.43. The summed E-state index contributed by atoms with van der Waals surface area (Å²) in [6, 6.07) is 0.0641. The van der Waals surface area contributed by atoms with Gasteiger partial charge < -0.3 is 15.5 Å². The summed E-state index contributed by atoms with van der Waals surface area (Å²) in [6.07, 6.45) is 7.51. The van der Waals surface area contributed by atoms with Crippen LogP contribution in [0.15, 0.2) is 12.4 Å². The minimum absolute atomic E-state index is 0.00587. The van der Waals surface area contributed by atoms with E-state index in [-0.39, 0.29) is 23.9 Å². The zero-order valence-corrected chi connectivity index (χ0v) is 14.0. The highest BCUT2D eigenvalue weighted by Gasteiger charge is 2.28. The molecule has 2 rings (SSSR count). The van der Waals surface area contributed by atoms with Gasteiger partial charge in [-0.25, -0.2) is 4.79 Å². The third kappa shape index (κ3) is 4.97. The van der Waals surface area contributed by atoms with Gasteiger partial charge in [0, 0.05) is 37.3 Å². The molecule has 1 fully saturated rings. The maximum absolute atomic E-state index is 12.4. The quantitative estimate of drug-likeness (QED) is 0.698. The van der Waals surface area contributed by atoms with Gasteiger partial charge in [-0.05, 0) is 25.7 Å². The van der Waals surface area contributed by atoms with Crippen molar-refractivity contribution in [3.05, 3.63) is 18.0 Å². The highest BCUT2D eigenvalue weighted by atomic mass is 16.2. The maximum atomic E-state index is 12.4. The smallest absolute Gasteiger partial charge is 0.317 e. The lowest BCUT2D eigenvalue weighted by Crippen LogP contribution is -2.45. The zero-order chi connectivity index (χ0) is 16.7. The lowest BCUT2D eigenvalue weighted by Gasteiger charge is -2.35. The van der Waals surface area contributed by atoms with Gasteiger partial charge in [0.05, 0.1) is 12.2 Å². The number of carbonyl (C=O) groups is 2. The van der Waals surface area contributed by atoms with Gasteiger partial charge in [0.25, 0.3) is 0 Å². The molecule has 0 aliphatic carbocycles. The Bertz CT molecular complexity index is 501. The predicted molar refractivity (Wildman–Crippen MR) is 87.7 cm³/mol. The number of aromatic nitrogens is 2. The van der Waals surface area contributed by atoms with E-state index in [2.05, 4.69) is 20.8 Å². The number of nitrogens with zero attached hydrogens (tertiary/aromatic N) is 2. The van der Waals surface area contributed by atoms with E-state index in [1.807, 2.05) is 24.9 Å². The number of carbonyl (C=O) groups excluding carboxylic acids is 2. The Morgan fingerprint density at radius 3 is 2.83 bits per heavy atom. The molecular weight excluding hydrogens is 294 g/mol. The van der Waals surface area contributed by atoms with Crippen LogP contribution in [0, 0.1) is 5.92 Å². The second kappa shape index (κ2) is 8.55. The largest absolute Gasteiger partial charge is 0.356 e. The molecule has 1 aromatic heterocycles. The number of nitrogens with one attached hydrogen (secondary N) is 3. The molecule has 3 amide bonds. The van der Waals surface area contributed by atoms with Gasteiger partial charge >= 0.3 is 6.03 Å². The Morgan fingerprint density at radius 2 is 2.13 bits per heavy atom. The van der Waals surface area contributed by atoms with Crippen LogP contribution in [0.1, 0.15) is 51.1 Å². The van der Waals surface area contributed by atoms with Crippen LogP contribution in [-0.4, -0.2) is 46.7 Å². The molecule has 1 unspecified atom stereocenters. The molecule has 128 valence electrons.